The number of fused-ring (bicyclic) bond motifs is 1. The van der Waals surface area contributed by atoms with Gasteiger partial charge in [-0.3, -0.25) is 4.79 Å². The predicted molar refractivity (Wildman–Crippen MR) is 150 cm³/mol. The standard InChI is InChI=1S/C31H31NO3P/c1-34-21-11-20-32-29-22-25(18-19-30(29)35-23-31(32)33)24-36(26-12-5-2-6-13-26,27-14-7-3-8-15-27)28-16-9-4-10-17-28/h2-10,12-19,22H,11,20-21,23-24H2,1H3/q+1. The first-order valence-corrected chi connectivity index (χ1v) is 14.3. The van der Waals surface area contributed by atoms with Crippen LogP contribution in [0.4, 0.5) is 5.69 Å². The highest BCUT2D eigenvalue weighted by molar-refractivity contribution is 7.95. The second-order valence-corrected chi connectivity index (χ2v) is 12.4. The third-order valence-electron chi connectivity index (χ3n) is 6.71. The van der Waals surface area contributed by atoms with Crippen molar-refractivity contribution in [2.45, 2.75) is 12.6 Å². The van der Waals surface area contributed by atoms with Crippen LogP contribution < -0.4 is 25.6 Å². The number of ether oxygens (including phenoxy) is 2. The van der Waals surface area contributed by atoms with E-state index in [0.717, 1.165) is 24.0 Å². The van der Waals surface area contributed by atoms with Crippen molar-refractivity contribution in [1.29, 1.82) is 0 Å². The highest BCUT2D eigenvalue weighted by Gasteiger charge is 2.45. The SMILES string of the molecule is COCCCN1C(=O)COc2ccc(C[P+](c3ccccc3)(c3ccccc3)c3ccccc3)cc21. The van der Waals surface area contributed by atoms with E-state index < -0.39 is 7.26 Å². The molecular formula is C31H31NO3P+. The Morgan fingerprint density at radius 1 is 0.806 bits per heavy atom. The molecule has 36 heavy (non-hydrogen) atoms. The van der Waals surface area contributed by atoms with E-state index in [1.165, 1.54) is 21.5 Å². The van der Waals surface area contributed by atoms with Crippen molar-refractivity contribution in [2.24, 2.45) is 0 Å². The smallest absolute Gasteiger partial charge is 0.265 e. The molecule has 0 aliphatic carbocycles. The van der Waals surface area contributed by atoms with Crippen LogP contribution in [0.3, 0.4) is 0 Å². The van der Waals surface area contributed by atoms with Crippen LogP contribution in [0, 0.1) is 0 Å². The third kappa shape index (κ3) is 4.80. The minimum Gasteiger partial charge on any atom is -0.482 e. The molecule has 0 unspecified atom stereocenters. The zero-order chi connectivity index (χ0) is 24.8. The number of hydrogen-bond acceptors (Lipinski definition) is 3. The molecule has 0 N–H and O–H groups in total. The van der Waals surface area contributed by atoms with E-state index in [1.807, 2.05) is 11.0 Å². The molecule has 0 fully saturated rings. The molecule has 0 radical (unpaired) electrons. The molecule has 0 spiro atoms. The maximum Gasteiger partial charge on any atom is 0.265 e. The molecule has 1 aliphatic rings. The second-order valence-electron chi connectivity index (χ2n) is 8.96. The van der Waals surface area contributed by atoms with E-state index in [-0.39, 0.29) is 12.5 Å². The third-order valence-corrected chi connectivity index (χ3v) is 11.1. The maximum absolute atomic E-state index is 12.8. The van der Waals surface area contributed by atoms with Crippen LogP contribution in [0.1, 0.15) is 12.0 Å². The fourth-order valence-corrected chi connectivity index (χ4v) is 9.23. The highest BCUT2D eigenvalue weighted by Crippen LogP contribution is 2.58. The van der Waals surface area contributed by atoms with E-state index in [0.29, 0.717) is 13.2 Å². The lowest BCUT2D eigenvalue weighted by atomic mass is 10.1. The van der Waals surface area contributed by atoms with Gasteiger partial charge >= 0.3 is 0 Å². The van der Waals surface area contributed by atoms with E-state index in [4.69, 9.17) is 9.47 Å². The lowest BCUT2D eigenvalue weighted by molar-refractivity contribution is -0.121. The van der Waals surface area contributed by atoms with Crippen molar-refractivity contribution in [3.63, 3.8) is 0 Å². The van der Waals surface area contributed by atoms with E-state index in [1.54, 1.807) is 7.11 Å². The fraction of sp³-hybridized carbons (Fsp3) is 0.194. The van der Waals surface area contributed by atoms with Gasteiger partial charge in [-0.2, -0.15) is 0 Å². The number of anilines is 1. The Bertz CT molecular complexity index is 1200. The Hall–Kier alpha value is -3.46. The molecule has 0 saturated heterocycles. The first-order chi connectivity index (χ1) is 17.7. The first kappa shape index (κ1) is 24.2. The van der Waals surface area contributed by atoms with Crippen LogP contribution in [0.2, 0.25) is 0 Å². The average molecular weight is 497 g/mol. The van der Waals surface area contributed by atoms with Crippen molar-refractivity contribution < 1.29 is 14.3 Å². The number of methoxy groups -OCH3 is 1. The summed E-state index contributed by atoms with van der Waals surface area (Å²) < 4.78 is 11.0. The Morgan fingerprint density at radius 2 is 1.36 bits per heavy atom. The van der Waals surface area contributed by atoms with Gasteiger partial charge in [0.05, 0.1) is 11.8 Å². The number of carbonyl (C=O) groups is 1. The zero-order valence-electron chi connectivity index (χ0n) is 20.5. The highest BCUT2D eigenvalue weighted by atomic mass is 31.2. The molecule has 0 saturated carbocycles. The van der Waals surface area contributed by atoms with Gasteiger partial charge in [0.2, 0.25) is 0 Å². The van der Waals surface area contributed by atoms with Gasteiger partial charge < -0.3 is 14.4 Å². The van der Waals surface area contributed by atoms with Gasteiger partial charge in [-0.25, -0.2) is 0 Å². The minimum atomic E-state index is -2.04. The summed E-state index contributed by atoms with van der Waals surface area (Å²) in [7, 11) is -0.349. The molecule has 182 valence electrons. The molecule has 5 heteroatoms. The molecule has 1 heterocycles. The van der Waals surface area contributed by atoms with Crippen molar-refractivity contribution in [3.05, 3.63) is 115 Å². The lowest BCUT2D eigenvalue weighted by Gasteiger charge is -2.31. The summed E-state index contributed by atoms with van der Waals surface area (Å²) in [6, 6.07) is 38.9. The fourth-order valence-electron chi connectivity index (χ4n) is 5.00. The predicted octanol–water partition coefficient (Wildman–Crippen LogP) is 4.94. The molecule has 0 atom stereocenters. The number of rotatable bonds is 9. The monoisotopic (exact) mass is 496 g/mol. The largest absolute Gasteiger partial charge is 0.482 e. The number of nitrogens with zero attached hydrogens (tertiary/aromatic N) is 1. The maximum atomic E-state index is 12.8. The molecule has 1 aliphatic heterocycles. The van der Waals surface area contributed by atoms with Gasteiger partial charge in [0.15, 0.2) is 6.61 Å². The summed E-state index contributed by atoms with van der Waals surface area (Å²) in [5.41, 5.74) is 2.04. The van der Waals surface area contributed by atoms with Gasteiger partial charge in [0.1, 0.15) is 28.9 Å². The summed E-state index contributed by atoms with van der Waals surface area (Å²) in [6.45, 7) is 1.31. The van der Waals surface area contributed by atoms with Gasteiger partial charge in [0, 0.05) is 20.3 Å². The van der Waals surface area contributed by atoms with Gasteiger partial charge in [-0.1, -0.05) is 60.7 Å². The summed E-state index contributed by atoms with van der Waals surface area (Å²) in [4.78, 5) is 14.6. The molecule has 0 bridgehead atoms. The second kappa shape index (κ2) is 11.1. The molecule has 5 rings (SSSR count). The van der Waals surface area contributed by atoms with Crippen molar-refractivity contribution in [2.75, 3.05) is 31.8 Å². The van der Waals surface area contributed by atoms with Crippen LogP contribution in [-0.4, -0.2) is 32.8 Å². The van der Waals surface area contributed by atoms with Crippen LogP contribution in [0.5, 0.6) is 5.75 Å². The molecule has 4 nitrogen and oxygen atoms in total. The van der Waals surface area contributed by atoms with Crippen LogP contribution in [-0.2, 0) is 15.7 Å². The normalized spacial score (nSPS) is 13.2. The van der Waals surface area contributed by atoms with Crippen LogP contribution >= 0.6 is 7.26 Å². The number of hydrogen-bond donors (Lipinski definition) is 0. The number of carbonyl (C=O) groups excluding carboxylic acids is 1. The quantitative estimate of drug-likeness (QED) is 0.243. The summed E-state index contributed by atoms with van der Waals surface area (Å²) >= 11 is 0. The van der Waals surface area contributed by atoms with Crippen molar-refractivity contribution in [1.82, 2.24) is 0 Å². The molecule has 4 aromatic carbocycles. The Kier molecular flexibility index (Phi) is 7.46. The Labute approximate surface area is 213 Å². The van der Waals surface area contributed by atoms with Crippen molar-refractivity contribution >= 4 is 34.8 Å². The molecule has 1 amide bonds. The van der Waals surface area contributed by atoms with Crippen molar-refractivity contribution in [3.8, 4) is 5.75 Å². The number of benzene rings is 4. The minimum absolute atomic E-state index is 0.00834. The van der Waals surface area contributed by atoms with Gasteiger partial charge in [0.25, 0.3) is 5.91 Å². The topological polar surface area (TPSA) is 38.8 Å². The van der Waals surface area contributed by atoms with Crippen LogP contribution in [0.25, 0.3) is 0 Å². The summed E-state index contributed by atoms with van der Waals surface area (Å²) in [6.07, 6.45) is 1.62. The number of amides is 1. The Morgan fingerprint density at radius 3 is 1.89 bits per heavy atom. The van der Waals surface area contributed by atoms with Gasteiger partial charge in [-0.05, 0) is 60.5 Å². The van der Waals surface area contributed by atoms with E-state index in [9.17, 15) is 4.79 Å². The zero-order valence-corrected chi connectivity index (χ0v) is 21.4. The summed E-state index contributed by atoms with van der Waals surface area (Å²) in [5, 5.41) is 4.01. The summed E-state index contributed by atoms with van der Waals surface area (Å²) in [5.74, 6) is 0.754. The van der Waals surface area contributed by atoms with Gasteiger partial charge in [-0.15, -0.1) is 0 Å². The molecular weight excluding hydrogens is 465 g/mol. The van der Waals surface area contributed by atoms with Crippen LogP contribution in [0.15, 0.2) is 109 Å². The average Bonchev–Trinajstić information content (AvgIpc) is 2.94. The lowest BCUT2D eigenvalue weighted by Crippen LogP contribution is -2.39. The molecule has 0 aromatic heterocycles. The van der Waals surface area contributed by atoms with E-state index >= 15 is 0 Å². The first-order valence-electron chi connectivity index (χ1n) is 12.3. The van der Waals surface area contributed by atoms with E-state index in [2.05, 4.69) is 103 Å². The Balaban J connectivity index is 1.64. The molecule has 4 aromatic rings.